The molecule has 0 radical (unpaired) electrons. The van der Waals surface area contributed by atoms with Crippen LogP contribution in [0.5, 0.6) is 0 Å². The van der Waals surface area contributed by atoms with Gasteiger partial charge in [0.2, 0.25) is 5.28 Å². The van der Waals surface area contributed by atoms with Crippen LogP contribution in [0.1, 0.15) is 11.1 Å². The fourth-order valence-electron chi connectivity index (χ4n) is 5.66. The number of nitriles is 2. The third-order valence-corrected chi connectivity index (χ3v) is 8.78. The first kappa shape index (κ1) is 42.1. The molecule has 0 aliphatic heterocycles. The second-order valence-corrected chi connectivity index (χ2v) is 12.9. The van der Waals surface area contributed by atoms with Crippen molar-refractivity contribution in [3.05, 3.63) is 197 Å². The van der Waals surface area contributed by atoms with Gasteiger partial charge in [0.25, 0.3) is 0 Å². The van der Waals surface area contributed by atoms with Crippen LogP contribution >= 0.6 is 11.6 Å². The Labute approximate surface area is 347 Å². The molecule has 0 unspecified atom stereocenters. The van der Waals surface area contributed by atoms with E-state index >= 15 is 0 Å². The van der Waals surface area contributed by atoms with Gasteiger partial charge in [0.05, 0.1) is 39.5 Å². The standard InChI is InChI=1S/C23H13F2N3.C16H11ClN2.C7H4BF2NO2/c24-19-12-18(20(25)11-17(19)14-26)23-27-21(15-7-3-1-4-8-15)13-22(28-23)16-9-5-2-6-10-16;17-16-18-14(12-7-3-1-4-8-12)11-15(19-16)13-9-5-2-6-10-13;9-6-2-5(8(12)13)7(10)1-4(6)3-11/h1-13H;1-11H;1-2,12-13H. The summed E-state index contributed by atoms with van der Waals surface area (Å²) in [5, 5.41) is 34.6. The average Bonchev–Trinajstić information content (AvgIpc) is 3.28. The van der Waals surface area contributed by atoms with E-state index in [4.69, 9.17) is 32.2 Å². The van der Waals surface area contributed by atoms with Crippen molar-refractivity contribution in [2.24, 2.45) is 0 Å². The van der Waals surface area contributed by atoms with Gasteiger partial charge in [-0.05, 0) is 48.0 Å². The van der Waals surface area contributed by atoms with Gasteiger partial charge in [-0.2, -0.15) is 10.5 Å². The molecule has 0 amide bonds. The molecule has 0 saturated carbocycles. The smallest absolute Gasteiger partial charge is 0.423 e. The highest BCUT2D eigenvalue weighted by molar-refractivity contribution is 6.58. The molecule has 8 aromatic rings. The van der Waals surface area contributed by atoms with E-state index in [1.165, 1.54) is 6.07 Å². The van der Waals surface area contributed by atoms with Gasteiger partial charge in [-0.3, -0.25) is 0 Å². The molecule has 8 rings (SSSR count). The highest BCUT2D eigenvalue weighted by atomic mass is 35.5. The molecular formula is C46H28BClF4N6O2. The monoisotopic (exact) mass is 818 g/mol. The molecule has 0 bridgehead atoms. The van der Waals surface area contributed by atoms with Crippen LogP contribution in [0.4, 0.5) is 17.6 Å². The molecule has 6 aromatic carbocycles. The maximum Gasteiger partial charge on any atom is 0.491 e. The van der Waals surface area contributed by atoms with Crippen LogP contribution in [0.25, 0.3) is 56.4 Å². The molecule has 0 spiro atoms. The van der Waals surface area contributed by atoms with E-state index in [0.29, 0.717) is 23.5 Å². The number of rotatable bonds is 6. The summed E-state index contributed by atoms with van der Waals surface area (Å²) in [6, 6.07) is 48.6. The van der Waals surface area contributed by atoms with Crippen LogP contribution in [0, 0.1) is 45.9 Å². The molecule has 14 heteroatoms. The minimum Gasteiger partial charge on any atom is -0.423 e. The maximum atomic E-state index is 14.6. The number of aromatic nitrogens is 4. The Morgan fingerprint density at radius 3 is 1.17 bits per heavy atom. The fourth-order valence-corrected chi connectivity index (χ4v) is 5.84. The molecule has 8 nitrogen and oxygen atoms in total. The fraction of sp³-hybridized carbons (Fsp3) is 0. The van der Waals surface area contributed by atoms with E-state index in [-0.39, 0.29) is 22.2 Å². The summed E-state index contributed by atoms with van der Waals surface area (Å²) < 4.78 is 54.3. The quantitative estimate of drug-likeness (QED) is 0.0961. The second-order valence-electron chi connectivity index (χ2n) is 12.6. The Morgan fingerprint density at radius 1 is 0.450 bits per heavy atom. The number of benzene rings is 6. The van der Waals surface area contributed by atoms with Gasteiger partial charge < -0.3 is 10.0 Å². The van der Waals surface area contributed by atoms with E-state index < -0.39 is 41.4 Å². The lowest BCUT2D eigenvalue weighted by molar-refractivity contribution is 0.422. The summed E-state index contributed by atoms with van der Waals surface area (Å²) in [4.78, 5) is 17.5. The third kappa shape index (κ3) is 10.5. The lowest BCUT2D eigenvalue weighted by atomic mass is 9.79. The predicted molar refractivity (Wildman–Crippen MR) is 222 cm³/mol. The molecule has 0 aliphatic rings. The number of hydrogen-bond acceptors (Lipinski definition) is 8. The summed E-state index contributed by atoms with van der Waals surface area (Å²) in [6.45, 7) is 0. The van der Waals surface area contributed by atoms with Gasteiger partial charge in [-0.25, -0.2) is 37.5 Å². The normalized spacial score (nSPS) is 10.2. The topological polar surface area (TPSA) is 140 Å². The van der Waals surface area contributed by atoms with Gasteiger partial charge in [0.1, 0.15) is 35.4 Å². The van der Waals surface area contributed by atoms with Gasteiger partial charge in [0.15, 0.2) is 5.82 Å². The van der Waals surface area contributed by atoms with Gasteiger partial charge in [0, 0.05) is 27.7 Å². The van der Waals surface area contributed by atoms with Crippen molar-refractivity contribution < 1.29 is 27.6 Å². The van der Waals surface area contributed by atoms with E-state index in [1.54, 1.807) is 6.07 Å². The zero-order valence-corrected chi connectivity index (χ0v) is 31.8. The molecule has 2 N–H and O–H groups in total. The van der Waals surface area contributed by atoms with Crippen molar-refractivity contribution in [2.45, 2.75) is 0 Å². The Balaban J connectivity index is 0.000000163. The Hall–Kier alpha value is -7.55. The van der Waals surface area contributed by atoms with Crippen molar-refractivity contribution in [1.82, 2.24) is 19.9 Å². The number of nitrogens with zero attached hydrogens (tertiary/aromatic N) is 6. The van der Waals surface area contributed by atoms with Crippen molar-refractivity contribution in [1.29, 1.82) is 10.5 Å². The number of hydrogen-bond donors (Lipinski definition) is 2. The summed E-state index contributed by atoms with van der Waals surface area (Å²) in [6.07, 6.45) is 0. The van der Waals surface area contributed by atoms with Crippen molar-refractivity contribution in [3.63, 3.8) is 0 Å². The summed E-state index contributed by atoms with van der Waals surface area (Å²) in [5.74, 6) is -3.50. The van der Waals surface area contributed by atoms with Gasteiger partial charge in [-0.15, -0.1) is 0 Å². The zero-order chi connectivity index (χ0) is 42.6. The lowest BCUT2D eigenvalue weighted by Crippen LogP contribution is -2.33. The van der Waals surface area contributed by atoms with Crippen molar-refractivity contribution >= 4 is 24.2 Å². The van der Waals surface area contributed by atoms with Crippen molar-refractivity contribution in [2.75, 3.05) is 0 Å². The highest BCUT2D eigenvalue weighted by Gasteiger charge is 2.20. The SMILES string of the molecule is Clc1nc(-c2ccccc2)cc(-c2ccccc2)n1.N#Cc1cc(F)c(-c2nc(-c3ccccc3)cc(-c3ccccc3)n2)cc1F.N#Cc1cc(F)c(B(O)O)cc1F. The lowest BCUT2D eigenvalue weighted by Gasteiger charge is -2.10. The van der Waals surface area contributed by atoms with E-state index in [9.17, 15) is 17.6 Å². The van der Waals surface area contributed by atoms with Crippen LogP contribution < -0.4 is 5.46 Å². The average molecular weight is 819 g/mol. The third-order valence-electron chi connectivity index (χ3n) is 8.61. The minimum absolute atomic E-state index is 0.0566. The first-order valence-corrected chi connectivity index (χ1v) is 18.2. The Kier molecular flexibility index (Phi) is 13.8. The van der Waals surface area contributed by atoms with E-state index in [0.717, 1.165) is 45.8 Å². The largest absolute Gasteiger partial charge is 0.491 e. The maximum absolute atomic E-state index is 14.6. The summed E-state index contributed by atoms with van der Waals surface area (Å²) in [5.41, 5.74) is 5.07. The van der Waals surface area contributed by atoms with Crippen LogP contribution in [-0.2, 0) is 0 Å². The van der Waals surface area contributed by atoms with Crippen LogP contribution in [0.3, 0.4) is 0 Å². The van der Waals surface area contributed by atoms with Crippen LogP contribution in [-0.4, -0.2) is 37.1 Å². The van der Waals surface area contributed by atoms with Crippen LogP contribution in [0.2, 0.25) is 5.28 Å². The molecule has 60 heavy (non-hydrogen) atoms. The molecule has 2 aromatic heterocycles. The predicted octanol–water partition coefficient (Wildman–Crippen LogP) is 9.61. The molecule has 292 valence electrons. The van der Waals surface area contributed by atoms with Gasteiger partial charge >= 0.3 is 7.12 Å². The molecule has 0 saturated heterocycles. The zero-order valence-electron chi connectivity index (χ0n) is 31.1. The Morgan fingerprint density at radius 2 is 0.800 bits per heavy atom. The van der Waals surface area contributed by atoms with E-state index in [2.05, 4.69) is 19.9 Å². The van der Waals surface area contributed by atoms with Crippen LogP contribution in [0.15, 0.2) is 158 Å². The summed E-state index contributed by atoms with van der Waals surface area (Å²) in [7, 11) is -2.08. The highest BCUT2D eigenvalue weighted by Crippen LogP contribution is 2.30. The first-order chi connectivity index (χ1) is 29.0. The minimum atomic E-state index is -2.08. The Bertz CT molecular complexity index is 2720. The number of halogens is 5. The molecule has 0 aliphatic carbocycles. The molecule has 0 atom stereocenters. The summed E-state index contributed by atoms with van der Waals surface area (Å²) >= 11 is 6.03. The molecular weight excluding hydrogens is 791 g/mol. The second kappa shape index (κ2) is 19.7. The van der Waals surface area contributed by atoms with Gasteiger partial charge in [-0.1, -0.05) is 121 Å². The molecule has 0 fully saturated rings. The molecule has 2 heterocycles. The van der Waals surface area contributed by atoms with Crippen molar-refractivity contribution in [3.8, 4) is 68.6 Å². The van der Waals surface area contributed by atoms with E-state index in [1.807, 2.05) is 133 Å². The first-order valence-electron chi connectivity index (χ1n) is 17.8.